The Hall–Kier alpha value is -0.830. The van der Waals surface area contributed by atoms with Gasteiger partial charge >= 0.3 is 0 Å². The average molecular weight is 194 g/mol. The van der Waals surface area contributed by atoms with Gasteiger partial charge in [0, 0.05) is 18.6 Å². The predicted octanol–water partition coefficient (Wildman–Crippen LogP) is 0.915. The van der Waals surface area contributed by atoms with Crippen LogP contribution in [0, 0.1) is 0 Å². The van der Waals surface area contributed by atoms with E-state index in [9.17, 15) is 4.79 Å². The van der Waals surface area contributed by atoms with E-state index in [1.807, 2.05) is 4.90 Å². The summed E-state index contributed by atoms with van der Waals surface area (Å²) in [5, 5.41) is 3.48. The lowest BCUT2D eigenvalue weighted by atomic mass is 10.0. The van der Waals surface area contributed by atoms with E-state index in [-0.39, 0.29) is 5.91 Å². The highest BCUT2D eigenvalue weighted by Crippen LogP contribution is 2.24. The van der Waals surface area contributed by atoms with Gasteiger partial charge in [0.15, 0.2) is 0 Å². The molecule has 0 aromatic heterocycles. The molecular weight excluding hydrogens is 176 g/mol. The monoisotopic (exact) mass is 194 g/mol. The summed E-state index contributed by atoms with van der Waals surface area (Å²) < 4.78 is 0. The van der Waals surface area contributed by atoms with Gasteiger partial charge in [-0.15, -0.1) is 0 Å². The van der Waals surface area contributed by atoms with Crippen LogP contribution in [0.4, 0.5) is 0 Å². The normalized spacial score (nSPS) is 32.1. The minimum Gasteiger partial charge on any atom is -0.335 e. The molecule has 0 aromatic carbocycles. The zero-order valence-corrected chi connectivity index (χ0v) is 8.54. The van der Waals surface area contributed by atoms with Gasteiger partial charge in [-0.1, -0.05) is 6.58 Å². The lowest BCUT2D eigenvalue weighted by Crippen LogP contribution is -2.46. The van der Waals surface area contributed by atoms with Crippen LogP contribution in [0.3, 0.4) is 0 Å². The number of amides is 1. The molecule has 0 bridgehead atoms. The molecule has 2 aliphatic heterocycles. The number of likely N-dealkylation sites (tertiary alicyclic amines) is 1. The largest absolute Gasteiger partial charge is 0.335 e. The highest BCUT2D eigenvalue weighted by Gasteiger charge is 2.34. The second kappa shape index (κ2) is 4.13. The summed E-state index contributed by atoms with van der Waals surface area (Å²) in [5.74, 6) is 0.0983. The zero-order chi connectivity index (χ0) is 9.97. The van der Waals surface area contributed by atoms with E-state index >= 15 is 0 Å². The van der Waals surface area contributed by atoms with Crippen LogP contribution in [0.25, 0.3) is 0 Å². The van der Waals surface area contributed by atoms with Gasteiger partial charge in [0.2, 0.25) is 5.91 Å². The van der Waals surface area contributed by atoms with Crippen molar-refractivity contribution in [3.05, 3.63) is 12.7 Å². The number of hydrogen-bond donors (Lipinski definition) is 1. The van der Waals surface area contributed by atoms with E-state index in [1.165, 1.54) is 18.9 Å². The van der Waals surface area contributed by atoms with Crippen molar-refractivity contribution in [2.75, 3.05) is 13.1 Å². The smallest absolute Gasteiger partial charge is 0.246 e. The van der Waals surface area contributed by atoms with Crippen molar-refractivity contribution in [2.24, 2.45) is 0 Å². The third-order valence-corrected chi connectivity index (χ3v) is 3.32. The van der Waals surface area contributed by atoms with Crippen LogP contribution in [-0.4, -0.2) is 36.0 Å². The molecule has 0 radical (unpaired) electrons. The zero-order valence-electron chi connectivity index (χ0n) is 8.54. The second-order valence-corrected chi connectivity index (χ2v) is 4.15. The van der Waals surface area contributed by atoms with Crippen molar-refractivity contribution in [3.63, 3.8) is 0 Å². The van der Waals surface area contributed by atoms with Crippen LogP contribution >= 0.6 is 0 Å². The van der Waals surface area contributed by atoms with Gasteiger partial charge in [0.05, 0.1) is 0 Å². The maximum Gasteiger partial charge on any atom is 0.246 e. The molecule has 2 rings (SSSR count). The highest BCUT2D eigenvalue weighted by molar-refractivity contribution is 5.87. The Kier molecular flexibility index (Phi) is 2.87. The third-order valence-electron chi connectivity index (χ3n) is 3.32. The molecule has 3 nitrogen and oxygen atoms in total. The standard InChI is InChI=1S/C11H18N2O/c1-2-11(14)13-8-4-6-10(13)9-5-3-7-12-9/h2,9-10,12H,1,3-8H2. The Morgan fingerprint density at radius 1 is 1.43 bits per heavy atom. The Morgan fingerprint density at radius 2 is 2.29 bits per heavy atom. The average Bonchev–Trinajstić information content (AvgIpc) is 2.85. The van der Waals surface area contributed by atoms with E-state index in [4.69, 9.17) is 0 Å². The van der Waals surface area contributed by atoms with Gasteiger partial charge in [0.25, 0.3) is 0 Å². The molecule has 2 heterocycles. The molecule has 0 aromatic rings. The number of rotatable bonds is 2. The fourth-order valence-electron chi connectivity index (χ4n) is 2.64. The number of carbonyl (C=O) groups is 1. The first kappa shape index (κ1) is 9.71. The topological polar surface area (TPSA) is 32.3 Å². The maximum absolute atomic E-state index is 11.6. The van der Waals surface area contributed by atoms with Crippen LogP contribution in [0.2, 0.25) is 0 Å². The minimum absolute atomic E-state index is 0.0983. The van der Waals surface area contributed by atoms with E-state index in [1.54, 1.807) is 0 Å². The van der Waals surface area contributed by atoms with Gasteiger partial charge in [-0.05, 0) is 38.3 Å². The van der Waals surface area contributed by atoms with Gasteiger partial charge in [-0.3, -0.25) is 4.79 Å². The van der Waals surface area contributed by atoms with Gasteiger partial charge in [-0.25, -0.2) is 0 Å². The fourth-order valence-corrected chi connectivity index (χ4v) is 2.64. The highest BCUT2D eigenvalue weighted by atomic mass is 16.2. The van der Waals surface area contributed by atoms with E-state index in [2.05, 4.69) is 11.9 Å². The number of carbonyl (C=O) groups excluding carboxylic acids is 1. The molecule has 2 unspecified atom stereocenters. The molecule has 78 valence electrons. The number of nitrogens with zero attached hydrogens (tertiary/aromatic N) is 1. The number of nitrogens with one attached hydrogen (secondary N) is 1. The maximum atomic E-state index is 11.6. The first-order valence-electron chi connectivity index (χ1n) is 5.49. The van der Waals surface area contributed by atoms with Crippen molar-refractivity contribution in [1.82, 2.24) is 10.2 Å². The van der Waals surface area contributed by atoms with E-state index in [0.717, 1.165) is 25.9 Å². The Morgan fingerprint density at radius 3 is 2.93 bits per heavy atom. The van der Waals surface area contributed by atoms with Crippen molar-refractivity contribution in [3.8, 4) is 0 Å². The molecule has 3 heteroatoms. The molecule has 1 amide bonds. The van der Waals surface area contributed by atoms with Gasteiger partial charge < -0.3 is 10.2 Å². The van der Waals surface area contributed by atoms with Gasteiger partial charge in [0.1, 0.15) is 0 Å². The molecule has 14 heavy (non-hydrogen) atoms. The van der Waals surface area contributed by atoms with Crippen LogP contribution in [0.15, 0.2) is 12.7 Å². The first-order valence-corrected chi connectivity index (χ1v) is 5.49. The van der Waals surface area contributed by atoms with Crippen LogP contribution in [0.1, 0.15) is 25.7 Å². The number of hydrogen-bond acceptors (Lipinski definition) is 2. The SMILES string of the molecule is C=CC(=O)N1CCCC1C1CCCN1. The Bertz CT molecular complexity index is 233. The minimum atomic E-state index is 0.0983. The summed E-state index contributed by atoms with van der Waals surface area (Å²) in [6.45, 7) is 5.57. The summed E-state index contributed by atoms with van der Waals surface area (Å²) in [6.07, 6.45) is 6.19. The first-order chi connectivity index (χ1) is 6.83. The van der Waals surface area contributed by atoms with Crippen molar-refractivity contribution >= 4 is 5.91 Å². The summed E-state index contributed by atoms with van der Waals surface area (Å²) in [6, 6.07) is 0.949. The fraction of sp³-hybridized carbons (Fsp3) is 0.727. The lowest BCUT2D eigenvalue weighted by Gasteiger charge is -2.28. The summed E-state index contributed by atoms with van der Waals surface area (Å²) >= 11 is 0. The second-order valence-electron chi connectivity index (χ2n) is 4.15. The Labute approximate surface area is 85.2 Å². The lowest BCUT2D eigenvalue weighted by molar-refractivity contribution is -0.127. The van der Waals surface area contributed by atoms with Crippen LogP contribution < -0.4 is 5.32 Å². The summed E-state index contributed by atoms with van der Waals surface area (Å²) in [7, 11) is 0. The third kappa shape index (κ3) is 1.69. The van der Waals surface area contributed by atoms with Crippen LogP contribution in [-0.2, 0) is 4.79 Å². The molecule has 2 saturated heterocycles. The molecule has 2 aliphatic rings. The predicted molar refractivity (Wildman–Crippen MR) is 56.0 cm³/mol. The van der Waals surface area contributed by atoms with E-state index < -0.39 is 0 Å². The summed E-state index contributed by atoms with van der Waals surface area (Å²) in [4.78, 5) is 13.5. The molecule has 2 fully saturated rings. The Balaban J connectivity index is 2.02. The molecule has 2 atom stereocenters. The quantitative estimate of drug-likeness (QED) is 0.663. The molecular formula is C11H18N2O. The van der Waals surface area contributed by atoms with Crippen molar-refractivity contribution < 1.29 is 4.79 Å². The van der Waals surface area contributed by atoms with Gasteiger partial charge in [-0.2, -0.15) is 0 Å². The van der Waals surface area contributed by atoms with Crippen molar-refractivity contribution in [1.29, 1.82) is 0 Å². The molecule has 0 saturated carbocycles. The molecule has 1 N–H and O–H groups in total. The summed E-state index contributed by atoms with van der Waals surface area (Å²) in [5.41, 5.74) is 0. The molecule has 0 aliphatic carbocycles. The molecule has 0 spiro atoms. The van der Waals surface area contributed by atoms with Crippen molar-refractivity contribution in [2.45, 2.75) is 37.8 Å². The van der Waals surface area contributed by atoms with Crippen LogP contribution in [0.5, 0.6) is 0 Å². The van der Waals surface area contributed by atoms with E-state index in [0.29, 0.717) is 12.1 Å².